The Bertz CT molecular complexity index is 1140. The highest BCUT2D eigenvalue weighted by molar-refractivity contribution is 7.88. The van der Waals surface area contributed by atoms with Gasteiger partial charge in [-0.25, -0.2) is 31.8 Å². The lowest BCUT2D eigenvalue weighted by Gasteiger charge is -2.30. The van der Waals surface area contributed by atoms with Crippen molar-refractivity contribution >= 4 is 37.9 Å². The third-order valence-corrected chi connectivity index (χ3v) is 6.30. The van der Waals surface area contributed by atoms with Gasteiger partial charge in [0.15, 0.2) is 0 Å². The average molecular weight is 407 g/mol. The number of piperidine rings is 1. The third-order valence-electron chi connectivity index (χ3n) is 5.00. The van der Waals surface area contributed by atoms with E-state index in [1.807, 2.05) is 13.8 Å². The van der Waals surface area contributed by atoms with Gasteiger partial charge < -0.3 is 5.32 Å². The number of hydrogen-bond donors (Lipinski definition) is 1. The van der Waals surface area contributed by atoms with Gasteiger partial charge in [-0.15, -0.1) is 5.10 Å². The minimum Gasteiger partial charge on any atom is -0.351 e. The van der Waals surface area contributed by atoms with Gasteiger partial charge in [0.05, 0.1) is 11.6 Å². The summed E-state index contributed by atoms with van der Waals surface area (Å²) in [6.45, 7) is 4.85. The van der Waals surface area contributed by atoms with E-state index in [4.69, 9.17) is 0 Å². The van der Waals surface area contributed by atoms with Crippen LogP contribution in [0.5, 0.6) is 0 Å². The molecule has 9 nitrogen and oxygen atoms in total. The maximum Gasteiger partial charge on any atom is 0.223 e. The lowest BCUT2D eigenvalue weighted by molar-refractivity contribution is 0.331. The molecule has 0 radical (unpaired) electrons. The second kappa shape index (κ2) is 6.89. The highest BCUT2D eigenvalue weighted by Gasteiger charge is 2.25. The Labute approximate surface area is 162 Å². The molecule has 0 amide bonds. The Morgan fingerprint density at radius 1 is 1.29 bits per heavy atom. The summed E-state index contributed by atoms with van der Waals surface area (Å²) in [6, 6.07) is 1.44. The number of halogens is 1. The molecule has 1 aliphatic heterocycles. The topological polar surface area (TPSA) is 106 Å². The zero-order valence-corrected chi connectivity index (χ0v) is 16.7. The molecule has 1 fully saturated rings. The first-order valence-electron chi connectivity index (χ1n) is 9.16. The van der Waals surface area contributed by atoms with Crippen LogP contribution < -0.4 is 5.32 Å². The van der Waals surface area contributed by atoms with Crippen molar-refractivity contribution in [3.63, 3.8) is 0 Å². The molecule has 0 saturated carbocycles. The fourth-order valence-electron chi connectivity index (χ4n) is 3.51. The molecular formula is C17H22FN7O2S. The number of fused-ring (bicyclic) bond motifs is 3. The zero-order valence-electron chi connectivity index (χ0n) is 15.9. The fourth-order valence-corrected chi connectivity index (χ4v) is 4.39. The molecule has 1 saturated heterocycles. The van der Waals surface area contributed by atoms with Crippen LogP contribution in [0.15, 0.2) is 12.3 Å². The van der Waals surface area contributed by atoms with Gasteiger partial charge in [0.1, 0.15) is 22.4 Å². The maximum atomic E-state index is 14.4. The number of rotatable bonds is 4. The van der Waals surface area contributed by atoms with Gasteiger partial charge in [0.2, 0.25) is 16.0 Å². The minimum atomic E-state index is -3.17. The number of hydrogen-bond acceptors (Lipinski definition) is 7. The highest BCUT2D eigenvalue weighted by Crippen LogP contribution is 2.28. The molecule has 2 aromatic heterocycles. The van der Waals surface area contributed by atoms with Gasteiger partial charge in [0.25, 0.3) is 0 Å². The molecule has 0 bridgehead atoms. The molecule has 0 spiro atoms. The number of nitrogens with one attached hydrogen (secondary N) is 1. The van der Waals surface area contributed by atoms with E-state index >= 15 is 0 Å². The smallest absolute Gasteiger partial charge is 0.223 e. The van der Waals surface area contributed by atoms with Crippen molar-refractivity contribution in [1.29, 1.82) is 0 Å². The van der Waals surface area contributed by atoms with Crippen molar-refractivity contribution in [2.24, 2.45) is 0 Å². The number of benzene rings is 1. The molecule has 150 valence electrons. The highest BCUT2D eigenvalue weighted by atomic mass is 32.2. The number of aromatic nitrogens is 5. The zero-order chi connectivity index (χ0) is 20.1. The summed E-state index contributed by atoms with van der Waals surface area (Å²) >= 11 is 0. The van der Waals surface area contributed by atoms with Crippen LogP contribution in [0.3, 0.4) is 0 Å². The van der Waals surface area contributed by atoms with Gasteiger partial charge in [-0.1, -0.05) is 5.21 Å². The molecule has 0 aliphatic carbocycles. The normalized spacial score (nSPS) is 17.0. The van der Waals surface area contributed by atoms with Crippen LogP contribution in [0, 0.1) is 5.82 Å². The molecule has 1 N–H and O–H groups in total. The molecule has 11 heteroatoms. The molecule has 1 aliphatic rings. The van der Waals surface area contributed by atoms with Crippen LogP contribution in [-0.2, 0) is 10.0 Å². The summed E-state index contributed by atoms with van der Waals surface area (Å²) < 4.78 is 40.9. The molecule has 3 heterocycles. The van der Waals surface area contributed by atoms with Crippen LogP contribution in [0.2, 0.25) is 0 Å². The molecule has 3 aromatic rings. The summed E-state index contributed by atoms with van der Waals surface area (Å²) in [4.78, 5) is 8.80. The monoisotopic (exact) mass is 407 g/mol. The summed E-state index contributed by atoms with van der Waals surface area (Å²) in [5.74, 6) is -0.0555. The van der Waals surface area contributed by atoms with Crippen LogP contribution in [0.1, 0.15) is 32.7 Å². The molecular weight excluding hydrogens is 385 g/mol. The van der Waals surface area contributed by atoms with Gasteiger partial charge in [0, 0.05) is 37.4 Å². The SMILES string of the molecule is CC(C)n1nnc2cc(F)c3cnc(NC4CCN(S(C)(=O)=O)CC4)nc3c21. The van der Waals surface area contributed by atoms with Gasteiger partial charge in [-0.3, -0.25) is 0 Å². The first-order valence-corrected chi connectivity index (χ1v) is 11.0. The van der Waals surface area contributed by atoms with E-state index < -0.39 is 15.8 Å². The Morgan fingerprint density at radius 3 is 2.64 bits per heavy atom. The summed E-state index contributed by atoms with van der Waals surface area (Å²) in [5.41, 5.74) is 1.58. The predicted molar refractivity (Wildman–Crippen MR) is 104 cm³/mol. The minimum absolute atomic E-state index is 0.0466. The van der Waals surface area contributed by atoms with E-state index in [0.717, 1.165) is 0 Å². The first kappa shape index (κ1) is 18.9. The molecule has 1 aromatic carbocycles. The summed E-state index contributed by atoms with van der Waals surface area (Å²) in [5, 5.41) is 11.7. The van der Waals surface area contributed by atoms with Crippen LogP contribution in [0.25, 0.3) is 21.9 Å². The largest absolute Gasteiger partial charge is 0.351 e. The lowest BCUT2D eigenvalue weighted by atomic mass is 10.1. The Morgan fingerprint density at radius 2 is 2.00 bits per heavy atom. The van der Waals surface area contributed by atoms with Crippen molar-refractivity contribution in [3.05, 3.63) is 18.1 Å². The summed E-state index contributed by atoms with van der Waals surface area (Å²) in [6.07, 6.45) is 3.98. The number of nitrogens with zero attached hydrogens (tertiary/aromatic N) is 6. The first-order chi connectivity index (χ1) is 13.2. The Kier molecular flexibility index (Phi) is 4.66. The summed E-state index contributed by atoms with van der Waals surface area (Å²) in [7, 11) is -3.17. The van der Waals surface area contributed by atoms with E-state index in [2.05, 4.69) is 25.6 Å². The van der Waals surface area contributed by atoms with E-state index in [1.54, 1.807) is 4.68 Å². The number of anilines is 1. The van der Waals surface area contributed by atoms with Gasteiger partial charge >= 0.3 is 0 Å². The lowest BCUT2D eigenvalue weighted by Crippen LogP contribution is -2.42. The molecule has 4 rings (SSSR count). The van der Waals surface area contributed by atoms with E-state index in [0.29, 0.717) is 53.8 Å². The van der Waals surface area contributed by atoms with E-state index in [1.165, 1.54) is 22.8 Å². The number of sulfonamides is 1. The standard InChI is InChI=1S/C17H22FN7O2S/c1-10(2)25-16-14(22-23-25)8-13(18)12-9-19-17(21-15(12)16)20-11-4-6-24(7-5-11)28(3,26)27/h8-11H,4-7H2,1-3H3,(H,19,20,21). The van der Waals surface area contributed by atoms with Crippen LogP contribution in [0.4, 0.5) is 10.3 Å². The van der Waals surface area contributed by atoms with Crippen LogP contribution in [-0.4, -0.2) is 63.1 Å². The molecule has 28 heavy (non-hydrogen) atoms. The van der Waals surface area contributed by atoms with Gasteiger partial charge in [-0.05, 0) is 26.7 Å². The van der Waals surface area contributed by atoms with Crippen molar-refractivity contribution in [2.75, 3.05) is 24.7 Å². The van der Waals surface area contributed by atoms with Crippen LogP contribution >= 0.6 is 0 Å². The molecule has 0 atom stereocenters. The predicted octanol–water partition coefficient (Wildman–Crippen LogP) is 1.93. The second-order valence-electron chi connectivity index (χ2n) is 7.39. The quantitative estimate of drug-likeness (QED) is 0.704. The van der Waals surface area contributed by atoms with E-state index in [9.17, 15) is 12.8 Å². The maximum absolute atomic E-state index is 14.4. The Hall–Kier alpha value is -2.40. The average Bonchev–Trinajstić information content (AvgIpc) is 3.05. The van der Waals surface area contributed by atoms with Gasteiger partial charge in [-0.2, -0.15) is 0 Å². The third kappa shape index (κ3) is 3.39. The van der Waals surface area contributed by atoms with Crippen molar-refractivity contribution in [1.82, 2.24) is 29.3 Å². The molecule has 0 unspecified atom stereocenters. The second-order valence-corrected chi connectivity index (χ2v) is 9.37. The van der Waals surface area contributed by atoms with Crippen molar-refractivity contribution in [3.8, 4) is 0 Å². The fraction of sp³-hybridized carbons (Fsp3) is 0.529. The van der Waals surface area contributed by atoms with Crippen molar-refractivity contribution < 1.29 is 12.8 Å². The van der Waals surface area contributed by atoms with Crippen molar-refractivity contribution in [2.45, 2.75) is 38.8 Å². The Balaban J connectivity index is 1.66. The van der Waals surface area contributed by atoms with E-state index in [-0.39, 0.29) is 12.1 Å².